The zero-order valence-electron chi connectivity index (χ0n) is 11.5. The normalized spacial score (nSPS) is 10.3. The SMILES string of the molecule is C=CC(=O)NCNc1ccc(N=Nc2ccccc2)cc1. The molecule has 0 heterocycles. The largest absolute Gasteiger partial charge is 0.368 e. The van der Waals surface area contributed by atoms with Crippen molar-refractivity contribution in [3.63, 3.8) is 0 Å². The van der Waals surface area contributed by atoms with Crippen molar-refractivity contribution in [1.82, 2.24) is 5.32 Å². The molecule has 0 radical (unpaired) electrons. The van der Waals surface area contributed by atoms with E-state index in [0.29, 0.717) is 6.67 Å². The van der Waals surface area contributed by atoms with Gasteiger partial charge >= 0.3 is 0 Å². The van der Waals surface area contributed by atoms with Crippen molar-refractivity contribution in [2.75, 3.05) is 12.0 Å². The summed E-state index contributed by atoms with van der Waals surface area (Å²) in [4.78, 5) is 11.0. The molecule has 0 bridgehead atoms. The molecule has 0 fully saturated rings. The molecule has 21 heavy (non-hydrogen) atoms. The molecule has 0 aromatic heterocycles. The van der Waals surface area contributed by atoms with Crippen LogP contribution >= 0.6 is 0 Å². The molecule has 2 aromatic carbocycles. The summed E-state index contributed by atoms with van der Waals surface area (Å²) >= 11 is 0. The third-order valence-corrected chi connectivity index (χ3v) is 2.64. The first-order valence-electron chi connectivity index (χ1n) is 6.49. The van der Waals surface area contributed by atoms with E-state index in [9.17, 15) is 4.79 Å². The standard InChI is InChI=1S/C16H16N4O/c1-2-16(21)18-12-17-13-8-10-15(11-9-13)20-19-14-6-4-3-5-7-14/h2-11,17H,1,12H2,(H,18,21). The smallest absolute Gasteiger partial charge is 0.244 e. The highest BCUT2D eigenvalue weighted by molar-refractivity contribution is 5.86. The van der Waals surface area contributed by atoms with Crippen LogP contribution in [0.2, 0.25) is 0 Å². The van der Waals surface area contributed by atoms with E-state index >= 15 is 0 Å². The fourth-order valence-electron chi connectivity index (χ4n) is 1.56. The van der Waals surface area contributed by atoms with Crippen molar-refractivity contribution >= 4 is 23.0 Å². The Morgan fingerprint density at radius 2 is 1.62 bits per heavy atom. The summed E-state index contributed by atoms with van der Waals surface area (Å²) in [6, 6.07) is 17.0. The summed E-state index contributed by atoms with van der Waals surface area (Å²) in [5.41, 5.74) is 2.46. The number of hydrogen-bond acceptors (Lipinski definition) is 4. The molecule has 1 amide bonds. The molecule has 0 atom stereocenters. The summed E-state index contributed by atoms with van der Waals surface area (Å²) in [7, 11) is 0. The van der Waals surface area contributed by atoms with Gasteiger partial charge < -0.3 is 10.6 Å². The Morgan fingerprint density at radius 3 is 2.24 bits per heavy atom. The van der Waals surface area contributed by atoms with Gasteiger partial charge in [-0.05, 0) is 42.5 Å². The van der Waals surface area contributed by atoms with Crippen LogP contribution in [0.15, 0.2) is 77.5 Å². The van der Waals surface area contributed by atoms with Crippen molar-refractivity contribution in [1.29, 1.82) is 0 Å². The van der Waals surface area contributed by atoms with Crippen molar-refractivity contribution in [2.45, 2.75) is 0 Å². The third-order valence-electron chi connectivity index (χ3n) is 2.64. The molecule has 0 saturated heterocycles. The molecule has 0 spiro atoms. The maximum absolute atomic E-state index is 11.0. The quantitative estimate of drug-likeness (QED) is 0.480. The van der Waals surface area contributed by atoms with Gasteiger partial charge in [0.1, 0.15) is 0 Å². The lowest BCUT2D eigenvalue weighted by atomic mass is 10.3. The Bertz CT molecular complexity index is 620. The molecule has 106 valence electrons. The second-order valence-corrected chi connectivity index (χ2v) is 4.18. The van der Waals surface area contributed by atoms with Crippen LogP contribution in [-0.2, 0) is 4.79 Å². The van der Waals surface area contributed by atoms with E-state index in [4.69, 9.17) is 0 Å². The van der Waals surface area contributed by atoms with Crippen LogP contribution in [0.3, 0.4) is 0 Å². The molecule has 2 aromatic rings. The van der Waals surface area contributed by atoms with Crippen LogP contribution < -0.4 is 10.6 Å². The number of benzene rings is 2. The molecular weight excluding hydrogens is 264 g/mol. The van der Waals surface area contributed by atoms with Crippen molar-refractivity contribution < 1.29 is 4.79 Å². The Morgan fingerprint density at radius 1 is 1.00 bits per heavy atom. The minimum absolute atomic E-state index is 0.212. The average molecular weight is 280 g/mol. The van der Waals surface area contributed by atoms with Gasteiger partial charge in [0.05, 0.1) is 18.0 Å². The maximum atomic E-state index is 11.0. The minimum Gasteiger partial charge on any atom is -0.368 e. The van der Waals surface area contributed by atoms with Crippen LogP contribution in [0.4, 0.5) is 17.1 Å². The Labute approximate surface area is 123 Å². The van der Waals surface area contributed by atoms with Gasteiger partial charge in [-0.25, -0.2) is 0 Å². The Balaban J connectivity index is 1.88. The van der Waals surface area contributed by atoms with Crippen LogP contribution in [-0.4, -0.2) is 12.6 Å². The molecule has 0 aliphatic rings. The maximum Gasteiger partial charge on any atom is 0.244 e. The van der Waals surface area contributed by atoms with E-state index in [0.717, 1.165) is 17.1 Å². The van der Waals surface area contributed by atoms with Gasteiger partial charge in [-0.1, -0.05) is 24.8 Å². The summed E-state index contributed by atoms with van der Waals surface area (Å²) in [6.45, 7) is 3.72. The van der Waals surface area contributed by atoms with Gasteiger partial charge in [0.15, 0.2) is 0 Å². The summed E-state index contributed by atoms with van der Waals surface area (Å²) < 4.78 is 0. The van der Waals surface area contributed by atoms with Crippen LogP contribution in [0.5, 0.6) is 0 Å². The lowest BCUT2D eigenvalue weighted by Gasteiger charge is -2.06. The average Bonchev–Trinajstić information content (AvgIpc) is 2.55. The summed E-state index contributed by atoms with van der Waals surface area (Å²) in [6.07, 6.45) is 1.23. The molecular formula is C16H16N4O. The molecule has 5 nitrogen and oxygen atoms in total. The Hall–Kier alpha value is -2.95. The minimum atomic E-state index is -0.212. The highest BCUT2D eigenvalue weighted by atomic mass is 16.1. The number of hydrogen-bond donors (Lipinski definition) is 2. The van der Waals surface area contributed by atoms with E-state index in [-0.39, 0.29) is 5.91 Å². The summed E-state index contributed by atoms with van der Waals surface area (Å²) in [5.74, 6) is -0.212. The number of carbonyl (C=O) groups excluding carboxylic acids is 1. The predicted octanol–water partition coefficient (Wildman–Crippen LogP) is 3.77. The van der Waals surface area contributed by atoms with Crippen molar-refractivity contribution in [3.05, 3.63) is 67.3 Å². The van der Waals surface area contributed by atoms with Crippen LogP contribution in [0.1, 0.15) is 0 Å². The van der Waals surface area contributed by atoms with Gasteiger partial charge in [-0.15, -0.1) is 0 Å². The highest BCUT2D eigenvalue weighted by Crippen LogP contribution is 2.19. The molecule has 2 N–H and O–H groups in total. The molecule has 0 aliphatic carbocycles. The van der Waals surface area contributed by atoms with Crippen molar-refractivity contribution in [3.8, 4) is 0 Å². The zero-order valence-corrected chi connectivity index (χ0v) is 11.5. The first kappa shape index (κ1) is 14.5. The molecule has 0 saturated carbocycles. The second kappa shape index (κ2) is 7.59. The highest BCUT2D eigenvalue weighted by Gasteiger charge is 1.95. The van der Waals surface area contributed by atoms with Crippen LogP contribution in [0.25, 0.3) is 0 Å². The van der Waals surface area contributed by atoms with E-state index in [1.165, 1.54) is 6.08 Å². The summed E-state index contributed by atoms with van der Waals surface area (Å²) in [5, 5.41) is 14.0. The van der Waals surface area contributed by atoms with Gasteiger partial charge in [0, 0.05) is 5.69 Å². The monoisotopic (exact) mass is 280 g/mol. The molecule has 5 heteroatoms. The van der Waals surface area contributed by atoms with Gasteiger partial charge in [0.2, 0.25) is 5.91 Å². The fourth-order valence-corrected chi connectivity index (χ4v) is 1.56. The number of nitrogens with zero attached hydrogens (tertiary/aromatic N) is 2. The topological polar surface area (TPSA) is 65.8 Å². The van der Waals surface area contributed by atoms with E-state index in [2.05, 4.69) is 27.4 Å². The van der Waals surface area contributed by atoms with Crippen LogP contribution in [0, 0.1) is 0 Å². The third kappa shape index (κ3) is 4.91. The molecule has 0 aliphatic heterocycles. The number of rotatable bonds is 6. The van der Waals surface area contributed by atoms with E-state index in [1.807, 2.05) is 54.6 Å². The number of amides is 1. The van der Waals surface area contributed by atoms with Gasteiger partial charge in [-0.3, -0.25) is 4.79 Å². The first-order valence-corrected chi connectivity index (χ1v) is 6.49. The van der Waals surface area contributed by atoms with Crippen molar-refractivity contribution in [2.24, 2.45) is 10.2 Å². The van der Waals surface area contributed by atoms with Gasteiger partial charge in [0.25, 0.3) is 0 Å². The second-order valence-electron chi connectivity index (χ2n) is 4.18. The number of azo groups is 1. The van der Waals surface area contributed by atoms with E-state index < -0.39 is 0 Å². The Kier molecular flexibility index (Phi) is 5.23. The number of nitrogens with one attached hydrogen (secondary N) is 2. The van der Waals surface area contributed by atoms with Gasteiger partial charge in [-0.2, -0.15) is 10.2 Å². The predicted molar refractivity (Wildman–Crippen MR) is 83.9 cm³/mol. The molecule has 2 rings (SSSR count). The first-order chi connectivity index (χ1) is 10.3. The molecule has 0 unspecified atom stereocenters. The number of anilines is 1. The van der Waals surface area contributed by atoms with E-state index in [1.54, 1.807) is 0 Å². The number of carbonyl (C=O) groups is 1. The zero-order chi connectivity index (χ0) is 14.9. The lowest BCUT2D eigenvalue weighted by molar-refractivity contribution is -0.116. The lowest BCUT2D eigenvalue weighted by Crippen LogP contribution is -2.26. The fraction of sp³-hybridized carbons (Fsp3) is 0.0625.